The minimum Gasteiger partial charge on any atom is -0.399 e. The monoisotopic (exact) mass is 314 g/mol. The van der Waals surface area contributed by atoms with Crippen LogP contribution in [0.25, 0.3) is 0 Å². The van der Waals surface area contributed by atoms with Crippen LogP contribution >= 0.6 is 0 Å². The van der Waals surface area contributed by atoms with Gasteiger partial charge in [-0.15, -0.1) is 0 Å². The van der Waals surface area contributed by atoms with Crippen molar-refractivity contribution in [1.29, 1.82) is 0 Å². The van der Waals surface area contributed by atoms with Crippen LogP contribution in [0.2, 0.25) is 0 Å². The number of hydrogen-bond acceptors (Lipinski definition) is 5. The predicted octanol–water partition coefficient (Wildman–Crippen LogP) is 1.12. The highest BCUT2D eigenvalue weighted by Crippen LogP contribution is 2.21. The van der Waals surface area contributed by atoms with Crippen molar-refractivity contribution in [2.45, 2.75) is 18.4 Å². The van der Waals surface area contributed by atoms with Crippen molar-refractivity contribution < 1.29 is 17.2 Å². The van der Waals surface area contributed by atoms with Crippen LogP contribution in [0, 0.1) is 18.6 Å². The molecule has 6 nitrogen and oxygen atoms in total. The van der Waals surface area contributed by atoms with E-state index in [2.05, 4.69) is 14.7 Å². The minimum absolute atomic E-state index is 0.201. The summed E-state index contributed by atoms with van der Waals surface area (Å²) in [5.41, 5.74) is 6.02. The second-order valence-electron chi connectivity index (χ2n) is 4.29. The zero-order valence-electron chi connectivity index (χ0n) is 11.0. The van der Waals surface area contributed by atoms with E-state index in [9.17, 15) is 17.2 Å². The molecule has 0 unspecified atom stereocenters. The van der Waals surface area contributed by atoms with E-state index >= 15 is 0 Å². The van der Waals surface area contributed by atoms with E-state index in [-0.39, 0.29) is 12.2 Å². The SMILES string of the molecule is Cc1cnc(CNS(=O)(=O)c2c(F)cc(N)cc2F)cn1. The quantitative estimate of drug-likeness (QED) is 0.824. The van der Waals surface area contributed by atoms with Crippen molar-refractivity contribution in [1.82, 2.24) is 14.7 Å². The third-order valence-electron chi connectivity index (χ3n) is 2.57. The molecule has 1 aromatic carbocycles. The Morgan fingerprint density at radius 3 is 2.33 bits per heavy atom. The van der Waals surface area contributed by atoms with Crippen LogP contribution < -0.4 is 10.5 Å². The maximum atomic E-state index is 13.6. The fourth-order valence-corrected chi connectivity index (χ4v) is 2.70. The summed E-state index contributed by atoms with van der Waals surface area (Å²) in [4.78, 5) is 6.80. The van der Waals surface area contributed by atoms with Crippen LogP contribution in [-0.2, 0) is 16.6 Å². The summed E-state index contributed by atoms with van der Waals surface area (Å²) in [5.74, 6) is -2.51. The van der Waals surface area contributed by atoms with Gasteiger partial charge in [-0.25, -0.2) is 21.9 Å². The number of sulfonamides is 1. The number of nitrogen functional groups attached to an aromatic ring is 1. The second-order valence-corrected chi connectivity index (χ2v) is 5.99. The van der Waals surface area contributed by atoms with Crippen molar-refractivity contribution >= 4 is 15.7 Å². The average molecular weight is 314 g/mol. The van der Waals surface area contributed by atoms with E-state index in [1.54, 1.807) is 6.92 Å². The first-order valence-electron chi connectivity index (χ1n) is 5.81. The molecule has 0 radical (unpaired) electrons. The van der Waals surface area contributed by atoms with Gasteiger partial charge in [-0.05, 0) is 19.1 Å². The predicted molar refractivity (Wildman–Crippen MR) is 71.6 cm³/mol. The van der Waals surface area contributed by atoms with E-state index in [1.165, 1.54) is 12.4 Å². The average Bonchev–Trinajstić information content (AvgIpc) is 2.36. The zero-order valence-corrected chi connectivity index (χ0v) is 11.8. The fourth-order valence-electron chi connectivity index (χ4n) is 1.59. The molecule has 0 aliphatic heterocycles. The Bertz CT molecular complexity index is 740. The summed E-state index contributed by atoms with van der Waals surface area (Å²) in [5, 5.41) is 0. The molecule has 9 heteroatoms. The van der Waals surface area contributed by atoms with Crippen molar-refractivity contribution in [3.63, 3.8) is 0 Å². The fraction of sp³-hybridized carbons (Fsp3) is 0.167. The summed E-state index contributed by atoms with van der Waals surface area (Å²) < 4.78 is 53.2. The van der Waals surface area contributed by atoms with Gasteiger partial charge in [0.05, 0.1) is 24.1 Å². The lowest BCUT2D eigenvalue weighted by molar-refractivity contribution is 0.514. The van der Waals surface area contributed by atoms with Crippen molar-refractivity contribution in [3.8, 4) is 0 Å². The molecule has 1 aromatic heterocycles. The van der Waals surface area contributed by atoms with Crippen LogP contribution in [0.4, 0.5) is 14.5 Å². The molecular formula is C12H12F2N4O2S. The zero-order chi connectivity index (χ0) is 15.6. The van der Waals surface area contributed by atoms with E-state index in [0.717, 1.165) is 12.1 Å². The van der Waals surface area contributed by atoms with Gasteiger partial charge in [0.25, 0.3) is 0 Å². The Morgan fingerprint density at radius 2 is 1.81 bits per heavy atom. The number of hydrogen-bond donors (Lipinski definition) is 2. The third kappa shape index (κ3) is 3.50. The molecule has 0 aliphatic carbocycles. The smallest absolute Gasteiger partial charge is 0.246 e. The summed E-state index contributed by atoms with van der Waals surface area (Å²) in [6.07, 6.45) is 2.82. The van der Waals surface area contributed by atoms with Gasteiger partial charge < -0.3 is 5.73 Å². The molecule has 3 N–H and O–H groups in total. The molecule has 0 amide bonds. The second kappa shape index (κ2) is 5.70. The number of aryl methyl sites for hydroxylation is 1. The molecule has 112 valence electrons. The van der Waals surface area contributed by atoms with Crippen LogP contribution in [-0.4, -0.2) is 18.4 Å². The van der Waals surface area contributed by atoms with Gasteiger partial charge >= 0.3 is 0 Å². The Kier molecular flexibility index (Phi) is 4.14. The number of benzene rings is 1. The molecule has 0 saturated heterocycles. The van der Waals surface area contributed by atoms with E-state index in [1.807, 2.05) is 0 Å². The Morgan fingerprint density at radius 1 is 1.19 bits per heavy atom. The van der Waals surface area contributed by atoms with E-state index < -0.39 is 26.6 Å². The molecule has 0 saturated carbocycles. The van der Waals surface area contributed by atoms with Gasteiger partial charge in [-0.1, -0.05) is 0 Å². The number of nitrogens with zero attached hydrogens (tertiary/aromatic N) is 2. The van der Waals surface area contributed by atoms with Crippen molar-refractivity contribution in [2.75, 3.05) is 5.73 Å². The summed E-state index contributed by atoms with van der Waals surface area (Å²) in [6, 6.07) is 1.48. The lowest BCUT2D eigenvalue weighted by atomic mass is 10.3. The van der Waals surface area contributed by atoms with E-state index in [4.69, 9.17) is 5.73 Å². The molecule has 0 atom stereocenters. The van der Waals surface area contributed by atoms with Gasteiger partial charge in [-0.3, -0.25) is 9.97 Å². The molecule has 0 spiro atoms. The van der Waals surface area contributed by atoms with Gasteiger partial charge in [0.15, 0.2) is 4.90 Å². The Labute approximate surface area is 120 Å². The highest BCUT2D eigenvalue weighted by molar-refractivity contribution is 7.89. The number of aromatic nitrogens is 2. The Balaban J connectivity index is 2.25. The van der Waals surface area contributed by atoms with Crippen molar-refractivity contribution in [2.24, 2.45) is 0 Å². The van der Waals surface area contributed by atoms with Crippen molar-refractivity contribution in [3.05, 3.63) is 47.5 Å². The molecule has 2 aromatic rings. The number of nitrogens with one attached hydrogen (secondary N) is 1. The standard InChI is InChI=1S/C12H12F2N4O2S/c1-7-4-17-9(5-16-7)6-18-21(19,20)12-10(13)2-8(15)3-11(12)14/h2-5,18H,6,15H2,1H3. The summed E-state index contributed by atoms with van der Waals surface area (Å²) in [6.45, 7) is 1.49. The van der Waals surface area contributed by atoms with Crippen LogP contribution in [0.5, 0.6) is 0 Å². The first-order chi connectivity index (χ1) is 9.79. The van der Waals surface area contributed by atoms with Crippen LogP contribution in [0.3, 0.4) is 0 Å². The van der Waals surface area contributed by atoms with Gasteiger partial charge in [0.1, 0.15) is 11.6 Å². The van der Waals surface area contributed by atoms with Gasteiger partial charge in [-0.2, -0.15) is 0 Å². The van der Waals surface area contributed by atoms with Gasteiger partial charge in [0, 0.05) is 11.9 Å². The molecule has 2 rings (SSSR count). The third-order valence-corrected chi connectivity index (χ3v) is 4.02. The lowest BCUT2D eigenvalue weighted by Gasteiger charge is -2.09. The Hall–Kier alpha value is -2.13. The molecule has 21 heavy (non-hydrogen) atoms. The molecular weight excluding hydrogens is 302 g/mol. The number of anilines is 1. The van der Waals surface area contributed by atoms with Crippen LogP contribution in [0.15, 0.2) is 29.4 Å². The van der Waals surface area contributed by atoms with E-state index in [0.29, 0.717) is 11.4 Å². The topological polar surface area (TPSA) is 98.0 Å². The highest BCUT2D eigenvalue weighted by Gasteiger charge is 2.24. The largest absolute Gasteiger partial charge is 0.399 e. The first-order valence-corrected chi connectivity index (χ1v) is 7.29. The minimum atomic E-state index is -4.37. The normalized spacial score (nSPS) is 11.6. The summed E-state index contributed by atoms with van der Waals surface area (Å²) in [7, 11) is -4.37. The number of nitrogens with two attached hydrogens (primary N) is 1. The molecule has 0 fully saturated rings. The molecule has 0 aliphatic rings. The lowest BCUT2D eigenvalue weighted by Crippen LogP contribution is -2.26. The molecule has 1 heterocycles. The maximum Gasteiger partial charge on any atom is 0.246 e. The first kappa shape index (κ1) is 15.3. The van der Waals surface area contributed by atoms with Gasteiger partial charge in [0.2, 0.25) is 10.0 Å². The maximum absolute atomic E-state index is 13.6. The highest BCUT2D eigenvalue weighted by atomic mass is 32.2. The number of rotatable bonds is 4. The molecule has 0 bridgehead atoms. The summed E-state index contributed by atoms with van der Waals surface area (Å²) >= 11 is 0. The van der Waals surface area contributed by atoms with Crippen LogP contribution in [0.1, 0.15) is 11.4 Å². The number of halogens is 2.